The molecule has 2 aromatic carbocycles. The predicted molar refractivity (Wildman–Crippen MR) is 117 cm³/mol. The Morgan fingerprint density at radius 2 is 1.76 bits per heavy atom. The maximum absolute atomic E-state index is 14.7. The van der Waals surface area contributed by atoms with E-state index in [1.165, 1.54) is 0 Å². The summed E-state index contributed by atoms with van der Waals surface area (Å²) in [5, 5.41) is 2.86. The lowest BCUT2D eigenvalue weighted by molar-refractivity contribution is -0.137. The average Bonchev–Trinajstić information content (AvgIpc) is 3.74. The average molecular weight is 474 g/mol. The van der Waals surface area contributed by atoms with Crippen molar-refractivity contribution in [3.05, 3.63) is 70.5 Å². The van der Waals surface area contributed by atoms with Crippen LogP contribution in [-0.4, -0.2) is 29.3 Å². The molecule has 1 N–H and O–H groups in total. The first-order valence-corrected chi connectivity index (χ1v) is 11.8. The molecule has 3 aliphatic rings. The van der Waals surface area contributed by atoms with Crippen LogP contribution >= 0.6 is 0 Å². The van der Waals surface area contributed by atoms with Crippen LogP contribution in [0.15, 0.2) is 42.5 Å². The minimum absolute atomic E-state index is 0.0315. The number of carbonyl (C=O) groups excluding carboxylic acids is 2. The molecule has 0 bridgehead atoms. The molecule has 0 radical (unpaired) electrons. The number of likely N-dealkylation sites (tertiary alicyclic amines) is 1. The van der Waals surface area contributed by atoms with Crippen molar-refractivity contribution in [2.24, 2.45) is 5.92 Å². The van der Waals surface area contributed by atoms with Gasteiger partial charge in [0.15, 0.2) is 0 Å². The zero-order chi connectivity index (χ0) is 24.0. The SMILES string of the molecule is O=C(NC(c1ccc(C(F)(F)F)cc1F)C1CC1)[C@H]1CCCN1C(=O)c1cccc(C2CC2)c1. The first-order valence-electron chi connectivity index (χ1n) is 11.8. The second-order valence-electron chi connectivity index (χ2n) is 9.61. The van der Waals surface area contributed by atoms with E-state index in [1.807, 2.05) is 18.2 Å². The Balaban J connectivity index is 1.33. The number of halogens is 4. The van der Waals surface area contributed by atoms with Gasteiger partial charge in [0.05, 0.1) is 11.6 Å². The van der Waals surface area contributed by atoms with Crippen molar-refractivity contribution in [2.45, 2.75) is 62.7 Å². The first kappa shape index (κ1) is 22.9. The standard InChI is InChI=1S/C26H26F4N2O2/c27-21-14-19(26(28,29)30)10-11-20(21)23(16-8-9-16)31-24(33)22-5-2-12-32(22)25(34)18-4-1-3-17(13-18)15-6-7-15/h1,3-4,10-11,13-16,22-23H,2,5-9,12H2,(H,31,33)/t22-,23?/m1/s1. The maximum atomic E-state index is 14.7. The van der Waals surface area contributed by atoms with Gasteiger partial charge in [0.1, 0.15) is 11.9 Å². The normalized spacial score (nSPS) is 21.4. The highest BCUT2D eigenvalue weighted by atomic mass is 19.4. The summed E-state index contributed by atoms with van der Waals surface area (Å²) in [7, 11) is 0. The Kier molecular flexibility index (Phi) is 5.86. The van der Waals surface area contributed by atoms with Crippen LogP contribution in [0.4, 0.5) is 17.6 Å². The summed E-state index contributed by atoms with van der Waals surface area (Å²) < 4.78 is 53.5. The van der Waals surface area contributed by atoms with E-state index in [0.29, 0.717) is 36.9 Å². The smallest absolute Gasteiger partial charge is 0.347 e. The first-order chi connectivity index (χ1) is 16.2. The van der Waals surface area contributed by atoms with Crippen molar-refractivity contribution in [3.63, 3.8) is 0 Å². The van der Waals surface area contributed by atoms with Gasteiger partial charge in [-0.05, 0) is 80.2 Å². The lowest BCUT2D eigenvalue weighted by Crippen LogP contribution is -2.47. The number of rotatable bonds is 6. The zero-order valence-electron chi connectivity index (χ0n) is 18.6. The highest BCUT2D eigenvalue weighted by molar-refractivity contribution is 5.98. The molecular weight excluding hydrogens is 448 g/mol. The summed E-state index contributed by atoms with van der Waals surface area (Å²) in [6.07, 6.45) is 0.283. The summed E-state index contributed by atoms with van der Waals surface area (Å²) in [5.41, 5.74) is 0.682. The molecule has 3 fully saturated rings. The molecule has 2 aliphatic carbocycles. The van der Waals surface area contributed by atoms with Crippen molar-refractivity contribution < 1.29 is 27.2 Å². The fraction of sp³-hybridized carbons (Fsp3) is 0.462. The Morgan fingerprint density at radius 1 is 1.00 bits per heavy atom. The van der Waals surface area contributed by atoms with Crippen LogP contribution in [0.2, 0.25) is 0 Å². The lowest BCUT2D eigenvalue weighted by atomic mass is 9.99. The quantitative estimate of drug-likeness (QED) is 0.555. The third-order valence-corrected chi connectivity index (χ3v) is 7.05. The number of hydrogen-bond acceptors (Lipinski definition) is 2. The predicted octanol–water partition coefficient (Wildman–Crippen LogP) is 5.59. The largest absolute Gasteiger partial charge is 0.416 e. The van der Waals surface area contributed by atoms with Crippen LogP contribution in [0.25, 0.3) is 0 Å². The second-order valence-corrected chi connectivity index (χ2v) is 9.61. The molecule has 180 valence electrons. The van der Waals surface area contributed by atoms with Gasteiger partial charge in [0.25, 0.3) is 5.91 Å². The van der Waals surface area contributed by atoms with Crippen LogP contribution in [0, 0.1) is 11.7 Å². The lowest BCUT2D eigenvalue weighted by Gasteiger charge is -2.27. The second kappa shape index (κ2) is 8.71. The molecule has 1 saturated heterocycles. The Labute approximate surface area is 195 Å². The van der Waals surface area contributed by atoms with E-state index in [4.69, 9.17) is 0 Å². The molecule has 1 heterocycles. The molecule has 2 atom stereocenters. The number of hydrogen-bond donors (Lipinski definition) is 1. The van der Waals surface area contributed by atoms with Crippen LogP contribution < -0.4 is 5.32 Å². The minimum Gasteiger partial charge on any atom is -0.347 e. The van der Waals surface area contributed by atoms with Gasteiger partial charge < -0.3 is 10.2 Å². The van der Waals surface area contributed by atoms with Gasteiger partial charge in [0.2, 0.25) is 5.91 Å². The van der Waals surface area contributed by atoms with Gasteiger partial charge in [-0.15, -0.1) is 0 Å². The highest BCUT2D eigenvalue weighted by Crippen LogP contribution is 2.43. The van der Waals surface area contributed by atoms with Gasteiger partial charge in [-0.25, -0.2) is 4.39 Å². The van der Waals surface area contributed by atoms with Crippen molar-refractivity contribution in [3.8, 4) is 0 Å². The Hall–Kier alpha value is -2.90. The van der Waals surface area contributed by atoms with Gasteiger partial charge >= 0.3 is 6.18 Å². The van der Waals surface area contributed by atoms with Gasteiger partial charge in [-0.3, -0.25) is 9.59 Å². The summed E-state index contributed by atoms with van der Waals surface area (Å²) in [6, 6.07) is 8.57. The summed E-state index contributed by atoms with van der Waals surface area (Å²) in [5.74, 6) is -1.10. The van der Waals surface area contributed by atoms with Gasteiger partial charge in [-0.1, -0.05) is 18.2 Å². The number of nitrogens with zero attached hydrogens (tertiary/aromatic N) is 1. The van der Waals surface area contributed by atoms with E-state index >= 15 is 0 Å². The Bertz CT molecular complexity index is 1110. The molecular formula is C26H26F4N2O2. The van der Waals surface area contributed by atoms with Crippen LogP contribution in [0.5, 0.6) is 0 Å². The highest BCUT2D eigenvalue weighted by Gasteiger charge is 2.40. The number of alkyl halides is 3. The van der Waals surface area contributed by atoms with E-state index < -0.39 is 29.6 Å². The van der Waals surface area contributed by atoms with Gasteiger partial charge in [0, 0.05) is 17.7 Å². The number of amides is 2. The topological polar surface area (TPSA) is 49.4 Å². The number of benzene rings is 2. The molecule has 5 rings (SSSR count). The monoisotopic (exact) mass is 474 g/mol. The van der Waals surface area contributed by atoms with E-state index in [0.717, 1.165) is 43.4 Å². The van der Waals surface area contributed by atoms with E-state index in [9.17, 15) is 27.2 Å². The van der Waals surface area contributed by atoms with E-state index in [1.54, 1.807) is 11.0 Å². The fourth-order valence-corrected chi connectivity index (χ4v) is 4.87. The van der Waals surface area contributed by atoms with Crippen molar-refractivity contribution in [1.82, 2.24) is 10.2 Å². The third kappa shape index (κ3) is 4.68. The molecule has 2 saturated carbocycles. The van der Waals surface area contributed by atoms with Crippen molar-refractivity contribution >= 4 is 11.8 Å². The summed E-state index contributed by atoms with van der Waals surface area (Å²) >= 11 is 0. The molecule has 0 spiro atoms. The molecule has 8 heteroatoms. The third-order valence-electron chi connectivity index (χ3n) is 7.05. The molecule has 0 aromatic heterocycles. The van der Waals surface area contributed by atoms with Crippen LogP contribution in [0.3, 0.4) is 0 Å². The number of nitrogens with one attached hydrogen (secondary N) is 1. The molecule has 2 amide bonds. The van der Waals surface area contributed by atoms with Crippen molar-refractivity contribution in [1.29, 1.82) is 0 Å². The summed E-state index contributed by atoms with van der Waals surface area (Å²) in [4.78, 5) is 28.0. The fourth-order valence-electron chi connectivity index (χ4n) is 4.87. The maximum Gasteiger partial charge on any atom is 0.416 e. The Morgan fingerprint density at radius 3 is 2.41 bits per heavy atom. The van der Waals surface area contributed by atoms with Crippen molar-refractivity contribution in [2.75, 3.05) is 6.54 Å². The molecule has 2 aromatic rings. The number of carbonyl (C=O) groups is 2. The van der Waals surface area contributed by atoms with Crippen LogP contribution in [0.1, 0.15) is 77.5 Å². The molecule has 1 aliphatic heterocycles. The van der Waals surface area contributed by atoms with Crippen LogP contribution in [-0.2, 0) is 11.0 Å². The zero-order valence-corrected chi connectivity index (χ0v) is 18.6. The molecule has 1 unspecified atom stereocenters. The molecule has 34 heavy (non-hydrogen) atoms. The molecule has 4 nitrogen and oxygen atoms in total. The van der Waals surface area contributed by atoms with E-state index in [2.05, 4.69) is 5.32 Å². The minimum atomic E-state index is -4.64. The van der Waals surface area contributed by atoms with Gasteiger partial charge in [-0.2, -0.15) is 13.2 Å². The summed E-state index contributed by atoms with van der Waals surface area (Å²) in [6.45, 7) is 0.452. The van der Waals surface area contributed by atoms with E-state index in [-0.39, 0.29) is 23.3 Å².